The van der Waals surface area contributed by atoms with Crippen molar-refractivity contribution >= 4 is 38.5 Å². The molecule has 9 heteroatoms. The molecule has 1 aliphatic rings. The Morgan fingerprint density at radius 3 is 2.63 bits per heavy atom. The summed E-state index contributed by atoms with van der Waals surface area (Å²) in [5.41, 5.74) is 2.72. The van der Waals surface area contributed by atoms with E-state index in [-0.39, 0.29) is 29.2 Å². The average molecular weight is 446 g/mol. The summed E-state index contributed by atoms with van der Waals surface area (Å²) in [4.78, 5) is 19.0. The first kappa shape index (κ1) is 20.7. The van der Waals surface area contributed by atoms with Crippen molar-refractivity contribution in [3.05, 3.63) is 48.5 Å². The number of rotatable bonds is 6. The van der Waals surface area contributed by atoms with E-state index < -0.39 is 9.84 Å². The number of hydrogen-bond donors (Lipinski definition) is 0. The highest BCUT2D eigenvalue weighted by molar-refractivity contribution is 7.99. The Bertz CT molecular complexity index is 1170. The van der Waals surface area contributed by atoms with Gasteiger partial charge in [-0.25, -0.2) is 13.4 Å². The van der Waals surface area contributed by atoms with Crippen molar-refractivity contribution < 1.29 is 17.9 Å². The van der Waals surface area contributed by atoms with Crippen LogP contribution in [-0.4, -0.2) is 66.2 Å². The second-order valence-corrected chi connectivity index (χ2v) is 10.4. The highest BCUT2D eigenvalue weighted by atomic mass is 32.2. The van der Waals surface area contributed by atoms with Crippen LogP contribution >= 0.6 is 11.8 Å². The first-order valence-electron chi connectivity index (χ1n) is 9.59. The normalized spacial score (nSPS) is 17.9. The van der Waals surface area contributed by atoms with Gasteiger partial charge in [0, 0.05) is 18.8 Å². The minimum atomic E-state index is -3.03. The molecule has 4 rings (SSSR count). The van der Waals surface area contributed by atoms with Gasteiger partial charge < -0.3 is 9.64 Å². The number of sulfone groups is 1. The first-order valence-corrected chi connectivity index (χ1v) is 12.4. The standard InChI is InChI=1S/C21H23N3O4S2/c1-23(16-11-12-30(26,27)14-16)20(25)13-29-21-22-18-5-3-4-6-19(18)24(21)15-7-9-17(28-2)10-8-15/h3-10,16H,11-14H2,1-2H3. The topological polar surface area (TPSA) is 81.5 Å². The zero-order chi connectivity index (χ0) is 21.3. The molecule has 1 aliphatic heterocycles. The zero-order valence-electron chi connectivity index (χ0n) is 16.8. The van der Waals surface area contributed by atoms with Crippen molar-refractivity contribution in [2.24, 2.45) is 0 Å². The van der Waals surface area contributed by atoms with Crippen LogP contribution in [-0.2, 0) is 14.6 Å². The van der Waals surface area contributed by atoms with Gasteiger partial charge in [0.15, 0.2) is 15.0 Å². The number of fused-ring (bicyclic) bond motifs is 1. The molecular weight excluding hydrogens is 422 g/mol. The Labute approximate surface area is 180 Å². The molecule has 3 aromatic rings. The molecule has 0 aliphatic carbocycles. The molecule has 1 fully saturated rings. The number of thioether (sulfide) groups is 1. The lowest BCUT2D eigenvalue weighted by molar-refractivity contribution is -0.128. The number of carbonyl (C=O) groups excluding carboxylic acids is 1. The van der Waals surface area contributed by atoms with Gasteiger partial charge in [0.2, 0.25) is 5.91 Å². The number of para-hydroxylation sites is 2. The number of hydrogen-bond acceptors (Lipinski definition) is 6. The molecule has 30 heavy (non-hydrogen) atoms. The summed E-state index contributed by atoms with van der Waals surface area (Å²) in [6.45, 7) is 0. The van der Waals surface area contributed by atoms with Gasteiger partial charge in [0.1, 0.15) is 5.75 Å². The van der Waals surface area contributed by atoms with Gasteiger partial charge >= 0.3 is 0 Å². The van der Waals surface area contributed by atoms with Gasteiger partial charge in [-0.3, -0.25) is 9.36 Å². The maximum absolute atomic E-state index is 12.7. The van der Waals surface area contributed by atoms with Crippen molar-refractivity contribution in [3.8, 4) is 11.4 Å². The van der Waals surface area contributed by atoms with Crippen LogP contribution in [0.25, 0.3) is 16.7 Å². The van der Waals surface area contributed by atoms with E-state index in [9.17, 15) is 13.2 Å². The first-order chi connectivity index (χ1) is 14.4. The Morgan fingerprint density at radius 2 is 1.97 bits per heavy atom. The van der Waals surface area contributed by atoms with Crippen LogP contribution in [0.5, 0.6) is 5.75 Å². The van der Waals surface area contributed by atoms with Gasteiger partial charge in [-0.15, -0.1) is 0 Å². The molecule has 158 valence electrons. The number of amides is 1. The van der Waals surface area contributed by atoms with E-state index in [4.69, 9.17) is 9.72 Å². The third-order valence-corrected chi connectivity index (χ3v) is 8.01. The molecule has 1 unspecified atom stereocenters. The van der Waals surface area contributed by atoms with Gasteiger partial charge in [-0.1, -0.05) is 23.9 Å². The minimum Gasteiger partial charge on any atom is -0.497 e. The monoisotopic (exact) mass is 445 g/mol. The summed E-state index contributed by atoms with van der Waals surface area (Å²) in [5, 5.41) is 0.710. The number of imidazole rings is 1. The average Bonchev–Trinajstić information content (AvgIpc) is 3.31. The molecule has 2 aromatic carbocycles. The van der Waals surface area contributed by atoms with Gasteiger partial charge in [-0.05, 0) is 42.8 Å². The SMILES string of the molecule is COc1ccc(-n2c(SCC(=O)N(C)C3CCS(=O)(=O)C3)nc3ccccc32)cc1. The second kappa shape index (κ2) is 8.31. The molecule has 7 nitrogen and oxygen atoms in total. The Morgan fingerprint density at radius 1 is 1.23 bits per heavy atom. The largest absolute Gasteiger partial charge is 0.497 e. The number of aromatic nitrogens is 2. The molecule has 1 amide bonds. The summed E-state index contributed by atoms with van der Waals surface area (Å²) < 4.78 is 30.7. The third-order valence-electron chi connectivity index (χ3n) is 5.33. The molecule has 0 radical (unpaired) electrons. The maximum Gasteiger partial charge on any atom is 0.233 e. The molecule has 1 saturated heterocycles. The third kappa shape index (κ3) is 4.17. The van der Waals surface area contributed by atoms with E-state index in [0.717, 1.165) is 22.5 Å². The molecule has 2 heterocycles. The summed E-state index contributed by atoms with van der Waals surface area (Å²) in [6.07, 6.45) is 0.500. The number of benzene rings is 2. The van der Waals surface area contributed by atoms with Crippen molar-refractivity contribution in [2.45, 2.75) is 17.6 Å². The van der Waals surface area contributed by atoms with E-state index in [1.807, 2.05) is 53.1 Å². The van der Waals surface area contributed by atoms with Crippen molar-refractivity contribution in [2.75, 3.05) is 31.4 Å². The lowest BCUT2D eigenvalue weighted by atomic mass is 10.2. The van der Waals surface area contributed by atoms with Crippen LogP contribution in [0.1, 0.15) is 6.42 Å². The summed E-state index contributed by atoms with van der Waals surface area (Å²) in [7, 11) is 0.273. The van der Waals surface area contributed by atoms with E-state index in [0.29, 0.717) is 11.6 Å². The van der Waals surface area contributed by atoms with Crippen LogP contribution in [0.2, 0.25) is 0 Å². The van der Waals surface area contributed by atoms with Crippen molar-refractivity contribution in [3.63, 3.8) is 0 Å². The van der Waals surface area contributed by atoms with Crippen LogP contribution in [0.4, 0.5) is 0 Å². The molecule has 0 spiro atoms. The minimum absolute atomic E-state index is 0.0459. The Kier molecular flexibility index (Phi) is 5.75. The fourth-order valence-corrected chi connectivity index (χ4v) is 6.32. The fraction of sp³-hybridized carbons (Fsp3) is 0.333. The molecule has 1 aromatic heterocycles. The molecular formula is C21H23N3O4S2. The summed E-state index contributed by atoms with van der Waals surface area (Å²) >= 11 is 1.35. The highest BCUT2D eigenvalue weighted by Gasteiger charge is 2.32. The maximum atomic E-state index is 12.7. The zero-order valence-corrected chi connectivity index (χ0v) is 18.4. The van der Waals surface area contributed by atoms with E-state index in [2.05, 4.69) is 0 Å². The molecule has 0 bridgehead atoms. The Balaban J connectivity index is 1.57. The molecule has 0 saturated carbocycles. The number of ether oxygens (including phenoxy) is 1. The molecule has 0 N–H and O–H groups in total. The predicted octanol–water partition coefficient (Wildman–Crippen LogP) is 2.77. The quantitative estimate of drug-likeness (QED) is 0.543. The lowest BCUT2D eigenvalue weighted by Crippen LogP contribution is -2.38. The number of methoxy groups -OCH3 is 1. The predicted molar refractivity (Wildman–Crippen MR) is 118 cm³/mol. The smallest absolute Gasteiger partial charge is 0.233 e. The van der Waals surface area contributed by atoms with Gasteiger partial charge in [-0.2, -0.15) is 0 Å². The van der Waals surface area contributed by atoms with Crippen LogP contribution in [0.3, 0.4) is 0 Å². The van der Waals surface area contributed by atoms with Crippen molar-refractivity contribution in [1.82, 2.24) is 14.5 Å². The highest BCUT2D eigenvalue weighted by Crippen LogP contribution is 2.29. The van der Waals surface area contributed by atoms with Crippen LogP contribution < -0.4 is 4.74 Å². The van der Waals surface area contributed by atoms with E-state index in [1.54, 1.807) is 19.1 Å². The second-order valence-electron chi connectivity index (χ2n) is 7.27. The Hall–Kier alpha value is -2.52. The van der Waals surface area contributed by atoms with Gasteiger partial charge in [0.25, 0.3) is 0 Å². The number of carbonyl (C=O) groups is 1. The number of nitrogens with zero attached hydrogens (tertiary/aromatic N) is 3. The van der Waals surface area contributed by atoms with E-state index >= 15 is 0 Å². The van der Waals surface area contributed by atoms with E-state index in [1.165, 1.54) is 11.8 Å². The van der Waals surface area contributed by atoms with Crippen molar-refractivity contribution in [1.29, 1.82) is 0 Å². The summed E-state index contributed by atoms with van der Waals surface area (Å²) in [5.74, 6) is 1.04. The van der Waals surface area contributed by atoms with Gasteiger partial charge in [0.05, 0.1) is 35.4 Å². The van der Waals surface area contributed by atoms with Crippen LogP contribution in [0, 0.1) is 0 Å². The lowest BCUT2D eigenvalue weighted by Gasteiger charge is -2.23. The fourth-order valence-electron chi connectivity index (χ4n) is 3.59. The summed E-state index contributed by atoms with van der Waals surface area (Å²) in [6, 6.07) is 15.3. The van der Waals surface area contributed by atoms with Crippen LogP contribution in [0.15, 0.2) is 53.7 Å². The molecule has 1 atom stereocenters.